The molecule has 0 aliphatic carbocycles. The van der Waals surface area contributed by atoms with Gasteiger partial charge >= 0.3 is 0 Å². The van der Waals surface area contributed by atoms with Gasteiger partial charge in [-0.3, -0.25) is 14.9 Å². The molecule has 20 heavy (non-hydrogen) atoms. The number of anilines is 1. The third-order valence-electron chi connectivity index (χ3n) is 3.16. The number of carbonyl (C=O) groups is 1. The molecule has 2 rings (SSSR count). The van der Waals surface area contributed by atoms with E-state index in [9.17, 15) is 14.9 Å². The van der Waals surface area contributed by atoms with Crippen LogP contribution in [0.4, 0.5) is 11.4 Å². The highest BCUT2D eigenvalue weighted by Crippen LogP contribution is 2.27. The minimum absolute atomic E-state index is 0.00803. The molecule has 1 aromatic carbocycles. The van der Waals surface area contributed by atoms with E-state index in [1.165, 1.54) is 18.2 Å². The summed E-state index contributed by atoms with van der Waals surface area (Å²) in [6.07, 6.45) is 0.542. The number of ether oxygens (including phenoxy) is 1. The van der Waals surface area contributed by atoms with E-state index in [0.29, 0.717) is 13.0 Å². The molecule has 0 saturated carbocycles. The third kappa shape index (κ3) is 3.24. The van der Waals surface area contributed by atoms with Crippen LogP contribution in [0.5, 0.6) is 0 Å². The lowest BCUT2D eigenvalue weighted by Gasteiger charge is -2.12. The Kier molecular flexibility index (Phi) is 4.53. The smallest absolute Gasteiger partial charge is 0.271 e. The van der Waals surface area contributed by atoms with Crippen LogP contribution in [-0.4, -0.2) is 36.6 Å². The monoisotopic (exact) mass is 299 g/mol. The van der Waals surface area contributed by atoms with Gasteiger partial charge < -0.3 is 15.4 Å². The summed E-state index contributed by atoms with van der Waals surface area (Å²) in [5.41, 5.74) is 0.104. The zero-order chi connectivity index (χ0) is 14.7. The number of rotatable bonds is 4. The Labute approximate surface area is 120 Å². The summed E-state index contributed by atoms with van der Waals surface area (Å²) < 4.78 is 5.16. The van der Waals surface area contributed by atoms with Gasteiger partial charge in [0.15, 0.2) is 0 Å². The number of carbonyl (C=O) groups excluding carboxylic acids is 1. The molecule has 0 aromatic heterocycles. The summed E-state index contributed by atoms with van der Waals surface area (Å²) in [6, 6.07) is 3.51. The van der Waals surface area contributed by atoms with Gasteiger partial charge in [-0.2, -0.15) is 0 Å². The van der Waals surface area contributed by atoms with E-state index in [1.807, 2.05) is 0 Å². The molecular formula is C12H14ClN3O4. The number of methoxy groups -OCH3 is 1. The maximum Gasteiger partial charge on any atom is 0.271 e. The molecule has 1 amide bonds. The van der Waals surface area contributed by atoms with Crippen molar-refractivity contribution >= 4 is 28.9 Å². The van der Waals surface area contributed by atoms with Gasteiger partial charge in [0.25, 0.3) is 5.69 Å². The van der Waals surface area contributed by atoms with E-state index >= 15 is 0 Å². The summed E-state index contributed by atoms with van der Waals surface area (Å²) in [5.74, 6) is -0.285. The molecule has 1 heterocycles. The van der Waals surface area contributed by atoms with Crippen molar-refractivity contribution in [3.63, 3.8) is 0 Å². The SMILES string of the molecule is COC1CNC(C(=O)Nc2cc([N+](=O)[O-])ccc2Cl)C1. The van der Waals surface area contributed by atoms with Crippen LogP contribution in [0.15, 0.2) is 18.2 Å². The first-order valence-electron chi connectivity index (χ1n) is 6.02. The average Bonchev–Trinajstić information content (AvgIpc) is 2.89. The molecule has 1 aliphatic heterocycles. The predicted octanol–water partition coefficient (Wildman–Crippen LogP) is 1.56. The van der Waals surface area contributed by atoms with E-state index in [-0.39, 0.29) is 28.4 Å². The minimum Gasteiger partial charge on any atom is -0.380 e. The van der Waals surface area contributed by atoms with Gasteiger partial charge in [0.2, 0.25) is 5.91 Å². The largest absolute Gasteiger partial charge is 0.380 e. The van der Waals surface area contributed by atoms with Crippen LogP contribution in [0.3, 0.4) is 0 Å². The molecule has 0 spiro atoms. The molecule has 1 saturated heterocycles. The number of hydrogen-bond acceptors (Lipinski definition) is 5. The predicted molar refractivity (Wildman–Crippen MR) is 73.9 cm³/mol. The van der Waals surface area contributed by atoms with Crippen molar-refractivity contribution in [2.24, 2.45) is 0 Å². The van der Waals surface area contributed by atoms with Crippen molar-refractivity contribution in [2.75, 3.05) is 19.0 Å². The molecule has 1 aromatic rings. The Hall–Kier alpha value is -1.70. The van der Waals surface area contributed by atoms with E-state index in [1.54, 1.807) is 7.11 Å². The maximum absolute atomic E-state index is 12.1. The van der Waals surface area contributed by atoms with Gasteiger partial charge in [-0.15, -0.1) is 0 Å². The second kappa shape index (κ2) is 6.17. The molecule has 1 fully saturated rings. The van der Waals surface area contributed by atoms with Crippen molar-refractivity contribution in [1.82, 2.24) is 5.32 Å². The van der Waals surface area contributed by atoms with Crippen LogP contribution < -0.4 is 10.6 Å². The number of hydrogen-bond donors (Lipinski definition) is 2. The molecule has 2 N–H and O–H groups in total. The number of non-ortho nitro benzene ring substituents is 1. The van der Waals surface area contributed by atoms with Crippen LogP contribution >= 0.6 is 11.6 Å². The Morgan fingerprint density at radius 2 is 2.35 bits per heavy atom. The molecule has 2 unspecified atom stereocenters. The molecule has 8 heteroatoms. The molecule has 108 valence electrons. The van der Waals surface area contributed by atoms with Crippen LogP contribution in [0.1, 0.15) is 6.42 Å². The number of nitrogens with one attached hydrogen (secondary N) is 2. The highest BCUT2D eigenvalue weighted by molar-refractivity contribution is 6.33. The van der Waals surface area contributed by atoms with Crippen molar-refractivity contribution in [3.05, 3.63) is 33.3 Å². The summed E-state index contributed by atoms with van der Waals surface area (Å²) in [5, 5.41) is 16.6. The first-order chi connectivity index (χ1) is 9.51. The summed E-state index contributed by atoms with van der Waals surface area (Å²) in [7, 11) is 1.59. The molecule has 7 nitrogen and oxygen atoms in total. The van der Waals surface area contributed by atoms with Crippen LogP contribution in [0.25, 0.3) is 0 Å². The van der Waals surface area contributed by atoms with Crippen molar-refractivity contribution < 1.29 is 14.5 Å². The van der Waals surface area contributed by atoms with Gasteiger partial charge in [0, 0.05) is 25.8 Å². The standard InChI is InChI=1S/C12H14ClN3O4/c1-20-8-5-11(14-6-8)12(17)15-10-4-7(16(18)19)2-3-9(10)13/h2-4,8,11,14H,5-6H2,1H3,(H,15,17). The zero-order valence-corrected chi connectivity index (χ0v) is 11.5. The average molecular weight is 300 g/mol. The first-order valence-corrected chi connectivity index (χ1v) is 6.40. The molecule has 0 radical (unpaired) electrons. The van der Waals surface area contributed by atoms with Crippen molar-refractivity contribution in [1.29, 1.82) is 0 Å². The van der Waals surface area contributed by atoms with Crippen LogP contribution in [0, 0.1) is 10.1 Å². The fourth-order valence-electron chi connectivity index (χ4n) is 2.03. The maximum atomic E-state index is 12.1. The summed E-state index contributed by atoms with van der Waals surface area (Å²) >= 11 is 5.93. The Balaban J connectivity index is 2.08. The number of nitro groups is 1. The molecule has 1 aliphatic rings. The highest BCUT2D eigenvalue weighted by atomic mass is 35.5. The second-order valence-electron chi connectivity index (χ2n) is 4.46. The lowest BCUT2D eigenvalue weighted by atomic mass is 10.2. The van der Waals surface area contributed by atoms with Gasteiger partial charge in [0.05, 0.1) is 27.8 Å². The fraction of sp³-hybridized carbons (Fsp3) is 0.417. The van der Waals surface area contributed by atoms with Crippen LogP contribution in [-0.2, 0) is 9.53 Å². The fourth-order valence-corrected chi connectivity index (χ4v) is 2.19. The minimum atomic E-state index is -0.541. The molecule has 2 atom stereocenters. The lowest BCUT2D eigenvalue weighted by Crippen LogP contribution is -2.35. The number of halogens is 1. The highest BCUT2D eigenvalue weighted by Gasteiger charge is 2.29. The summed E-state index contributed by atoms with van der Waals surface area (Å²) in [4.78, 5) is 22.2. The quantitative estimate of drug-likeness (QED) is 0.650. The molecular weight excluding hydrogens is 286 g/mol. The van der Waals surface area contributed by atoms with E-state index < -0.39 is 11.0 Å². The lowest BCUT2D eigenvalue weighted by molar-refractivity contribution is -0.384. The zero-order valence-electron chi connectivity index (χ0n) is 10.8. The van der Waals surface area contributed by atoms with Gasteiger partial charge in [-0.1, -0.05) is 11.6 Å². The number of amides is 1. The van der Waals surface area contributed by atoms with Gasteiger partial charge in [0.1, 0.15) is 0 Å². The van der Waals surface area contributed by atoms with Gasteiger partial charge in [-0.25, -0.2) is 0 Å². The Morgan fingerprint density at radius 3 is 2.95 bits per heavy atom. The van der Waals surface area contributed by atoms with E-state index in [4.69, 9.17) is 16.3 Å². The van der Waals surface area contributed by atoms with Crippen LogP contribution in [0.2, 0.25) is 5.02 Å². The topological polar surface area (TPSA) is 93.5 Å². The third-order valence-corrected chi connectivity index (χ3v) is 3.49. The Bertz CT molecular complexity index is 537. The van der Waals surface area contributed by atoms with Crippen molar-refractivity contribution in [2.45, 2.75) is 18.6 Å². The second-order valence-corrected chi connectivity index (χ2v) is 4.87. The van der Waals surface area contributed by atoms with Crippen molar-refractivity contribution in [3.8, 4) is 0 Å². The summed E-state index contributed by atoms with van der Waals surface area (Å²) in [6.45, 7) is 0.595. The van der Waals surface area contributed by atoms with E-state index in [2.05, 4.69) is 10.6 Å². The number of benzene rings is 1. The van der Waals surface area contributed by atoms with E-state index in [0.717, 1.165) is 0 Å². The number of nitro benzene ring substituents is 1. The molecule has 0 bridgehead atoms. The number of nitrogens with zero attached hydrogens (tertiary/aromatic N) is 1. The first kappa shape index (κ1) is 14.7. The van der Waals surface area contributed by atoms with Gasteiger partial charge in [-0.05, 0) is 12.5 Å². The normalized spacial score (nSPS) is 21.7. The Morgan fingerprint density at radius 1 is 1.60 bits per heavy atom.